The first-order valence-electron chi connectivity index (χ1n) is 6.15. The number of halogens is 3. The van der Waals surface area contributed by atoms with Gasteiger partial charge in [0, 0.05) is 5.02 Å². The van der Waals surface area contributed by atoms with Crippen molar-refractivity contribution in [3.05, 3.63) is 33.0 Å². The van der Waals surface area contributed by atoms with Gasteiger partial charge in [-0.2, -0.15) is 0 Å². The molecule has 0 spiro atoms. The van der Waals surface area contributed by atoms with Gasteiger partial charge >= 0.3 is 0 Å². The van der Waals surface area contributed by atoms with Crippen molar-refractivity contribution in [2.24, 2.45) is 0 Å². The molecule has 2 aliphatic heterocycles. The summed E-state index contributed by atoms with van der Waals surface area (Å²) >= 11 is 8.86. The summed E-state index contributed by atoms with van der Waals surface area (Å²) in [6.07, 6.45) is 3.22. The summed E-state index contributed by atoms with van der Waals surface area (Å²) in [5, 5.41) is 3.11. The summed E-state index contributed by atoms with van der Waals surface area (Å²) < 4.78 is 19.3. The van der Waals surface area contributed by atoms with Crippen LogP contribution in [-0.4, -0.2) is 24.2 Å². The van der Waals surface area contributed by atoms with Crippen molar-refractivity contribution >= 4 is 33.4 Å². The molecule has 0 aliphatic carbocycles. The molecule has 3 atom stereocenters. The number of ether oxygens (including phenoxy) is 1. The Kier molecular flexibility index (Phi) is 3.53. The SMILES string of the molecule is O=C(N[C@H]1C[C@H]2CC[C@H]1O2)c1cc(Cl)cc(F)c1Br. The van der Waals surface area contributed by atoms with Gasteiger partial charge < -0.3 is 10.1 Å². The van der Waals surface area contributed by atoms with Crippen LogP contribution in [0.15, 0.2) is 16.6 Å². The number of amides is 1. The van der Waals surface area contributed by atoms with E-state index >= 15 is 0 Å². The lowest BCUT2D eigenvalue weighted by Crippen LogP contribution is -2.41. The van der Waals surface area contributed by atoms with Gasteiger partial charge in [0.25, 0.3) is 5.91 Å². The molecular weight excluding hydrogens is 337 g/mol. The highest BCUT2D eigenvalue weighted by Gasteiger charge is 2.41. The average Bonchev–Trinajstić information content (AvgIpc) is 2.95. The zero-order valence-corrected chi connectivity index (χ0v) is 12.3. The standard InChI is InChI=1S/C13H12BrClFNO2/c14-12-8(3-6(15)4-9(12)16)13(18)17-10-5-7-1-2-11(10)19-7/h3-4,7,10-11H,1-2,5H2,(H,17,18)/t7-,10+,11-/m1/s1. The number of rotatable bonds is 2. The van der Waals surface area contributed by atoms with E-state index in [1.165, 1.54) is 12.1 Å². The Hall–Kier alpha value is -0.650. The Balaban J connectivity index is 1.77. The third-order valence-electron chi connectivity index (χ3n) is 3.66. The minimum absolute atomic E-state index is 0.0141. The summed E-state index contributed by atoms with van der Waals surface area (Å²) in [5.41, 5.74) is 0.216. The molecule has 1 aromatic carbocycles. The molecule has 0 radical (unpaired) electrons. The maximum atomic E-state index is 13.5. The molecule has 0 saturated carbocycles. The second kappa shape index (κ2) is 5.04. The maximum absolute atomic E-state index is 13.5. The molecule has 2 aliphatic rings. The predicted molar refractivity (Wildman–Crippen MR) is 72.9 cm³/mol. The normalized spacial score (nSPS) is 28.7. The van der Waals surface area contributed by atoms with Gasteiger partial charge in [0.05, 0.1) is 28.3 Å². The number of nitrogens with one attached hydrogen (secondary N) is 1. The van der Waals surface area contributed by atoms with Crippen molar-refractivity contribution in [3.63, 3.8) is 0 Å². The van der Waals surface area contributed by atoms with Crippen molar-refractivity contribution in [1.29, 1.82) is 0 Å². The molecule has 1 amide bonds. The van der Waals surface area contributed by atoms with Crippen LogP contribution in [0.5, 0.6) is 0 Å². The molecule has 1 aromatic rings. The lowest BCUT2D eigenvalue weighted by Gasteiger charge is -2.20. The highest BCUT2D eigenvalue weighted by Crippen LogP contribution is 2.34. The van der Waals surface area contributed by atoms with Crippen molar-refractivity contribution in [2.45, 2.75) is 37.5 Å². The summed E-state index contributed by atoms with van der Waals surface area (Å²) in [6, 6.07) is 2.64. The lowest BCUT2D eigenvalue weighted by molar-refractivity contribution is 0.0840. The first-order valence-corrected chi connectivity index (χ1v) is 7.32. The van der Waals surface area contributed by atoms with E-state index in [4.69, 9.17) is 16.3 Å². The van der Waals surface area contributed by atoms with Gasteiger partial charge in [0.1, 0.15) is 5.82 Å². The fraction of sp³-hybridized carbons (Fsp3) is 0.462. The van der Waals surface area contributed by atoms with E-state index in [1.54, 1.807) is 0 Å². The maximum Gasteiger partial charge on any atom is 0.252 e. The van der Waals surface area contributed by atoms with Gasteiger partial charge in [-0.3, -0.25) is 4.79 Å². The van der Waals surface area contributed by atoms with Crippen molar-refractivity contribution < 1.29 is 13.9 Å². The predicted octanol–water partition coefficient (Wildman–Crippen LogP) is 3.29. The van der Waals surface area contributed by atoms with Gasteiger partial charge in [0.15, 0.2) is 0 Å². The highest BCUT2D eigenvalue weighted by atomic mass is 79.9. The van der Waals surface area contributed by atoms with Crippen molar-refractivity contribution in [3.8, 4) is 0 Å². The summed E-state index contributed by atoms with van der Waals surface area (Å²) in [6.45, 7) is 0. The molecule has 3 rings (SSSR count). The van der Waals surface area contributed by atoms with Gasteiger partial charge in [-0.1, -0.05) is 11.6 Å². The molecule has 2 fully saturated rings. The number of carbonyl (C=O) groups excluding carboxylic acids is 1. The Bertz CT molecular complexity index is 540. The molecule has 1 N–H and O–H groups in total. The number of hydrogen-bond acceptors (Lipinski definition) is 2. The molecule has 102 valence electrons. The van der Waals surface area contributed by atoms with Crippen molar-refractivity contribution in [2.75, 3.05) is 0 Å². The first kappa shape index (κ1) is 13.3. The molecule has 2 heterocycles. The van der Waals surface area contributed by atoms with Crippen LogP contribution in [0.1, 0.15) is 29.6 Å². The molecule has 3 nitrogen and oxygen atoms in total. The van der Waals surface area contributed by atoms with Crippen LogP contribution in [0.3, 0.4) is 0 Å². The number of hydrogen-bond donors (Lipinski definition) is 1. The fourth-order valence-electron chi connectivity index (χ4n) is 2.76. The lowest BCUT2D eigenvalue weighted by atomic mass is 9.95. The molecular formula is C13H12BrClFNO2. The zero-order chi connectivity index (χ0) is 13.6. The Morgan fingerprint density at radius 1 is 1.47 bits per heavy atom. The van der Waals surface area contributed by atoms with E-state index in [2.05, 4.69) is 21.2 Å². The molecule has 2 bridgehead atoms. The van der Waals surface area contributed by atoms with E-state index in [1.807, 2.05) is 0 Å². The van der Waals surface area contributed by atoms with E-state index in [-0.39, 0.29) is 39.2 Å². The van der Waals surface area contributed by atoms with Gasteiger partial charge in [0.2, 0.25) is 0 Å². The smallest absolute Gasteiger partial charge is 0.252 e. The minimum Gasteiger partial charge on any atom is -0.373 e. The van der Waals surface area contributed by atoms with Gasteiger partial charge in [-0.25, -0.2) is 4.39 Å². The highest BCUT2D eigenvalue weighted by molar-refractivity contribution is 9.10. The summed E-state index contributed by atoms with van der Waals surface area (Å²) in [4.78, 5) is 12.2. The van der Waals surface area contributed by atoms with Crippen LogP contribution in [0.25, 0.3) is 0 Å². The molecule has 6 heteroatoms. The van der Waals surface area contributed by atoms with E-state index in [9.17, 15) is 9.18 Å². The van der Waals surface area contributed by atoms with E-state index < -0.39 is 5.82 Å². The average molecular weight is 349 g/mol. The van der Waals surface area contributed by atoms with E-state index in [0.29, 0.717) is 0 Å². The Morgan fingerprint density at radius 2 is 2.26 bits per heavy atom. The summed E-state index contributed by atoms with van der Waals surface area (Å²) in [5.74, 6) is -0.865. The van der Waals surface area contributed by atoms with Crippen LogP contribution in [-0.2, 0) is 4.74 Å². The second-order valence-electron chi connectivity index (χ2n) is 4.94. The Labute approximate surface area is 123 Å². The zero-order valence-electron chi connectivity index (χ0n) is 9.96. The molecule has 0 unspecified atom stereocenters. The Morgan fingerprint density at radius 3 is 2.89 bits per heavy atom. The van der Waals surface area contributed by atoms with Crippen LogP contribution in [0.2, 0.25) is 5.02 Å². The minimum atomic E-state index is -0.540. The van der Waals surface area contributed by atoms with Gasteiger partial charge in [-0.15, -0.1) is 0 Å². The largest absolute Gasteiger partial charge is 0.373 e. The van der Waals surface area contributed by atoms with Crippen molar-refractivity contribution in [1.82, 2.24) is 5.32 Å². The third-order valence-corrected chi connectivity index (χ3v) is 4.68. The monoisotopic (exact) mass is 347 g/mol. The second-order valence-corrected chi connectivity index (χ2v) is 6.17. The summed E-state index contributed by atoms with van der Waals surface area (Å²) in [7, 11) is 0. The molecule has 19 heavy (non-hydrogen) atoms. The quantitative estimate of drug-likeness (QED) is 0.833. The van der Waals surface area contributed by atoms with E-state index in [0.717, 1.165) is 19.3 Å². The topological polar surface area (TPSA) is 38.3 Å². The third kappa shape index (κ3) is 2.51. The van der Waals surface area contributed by atoms with Crippen LogP contribution in [0.4, 0.5) is 4.39 Å². The number of carbonyl (C=O) groups is 1. The van der Waals surface area contributed by atoms with Crippen LogP contribution >= 0.6 is 27.5 Å². The fourth-order valence-corrected chi connectivity index (χ4v) is 3.37. The van der Waals surface area contributed by atoms with Crippen LogP contribution < -0.4 is 5.32 Å². The molecule has 0 aromatic heterocycles. The van der Waals surface area contributed by atoms with Crippen LogP contribution in [0, 0.1) is 5.82 Å². The molecule has 2 saturated heterocycles. The first-order chi connectivity index (χ1) is 9.04. The number of fused-ring (bicyclic) bond motifs is 2. The number of benzene rings is 1. The van der Waals surface area contributed by atoms with Gasteiger partial charge in [-0.05, 0) is 47.3 Å².